The summed E-state index contributed by atoms with van der Waals surface area (Å²) >= 11 is 0. The molecule has 48 valence electrons. The maximum atomic E-state index is 3.31. The molecule has 0 fully saturated rings. The van der Waals surface area contributed by atoms with E-state index in [1.54, 1.807) is 0 Å². The Hall–Kier alpha value is -0.340. The van der Waals surface area contributed by atoms with Crippen LogP contribution in [0.3, 0.4) is 0 Å². The fourth-order valence-corrected chi connectivity index (χ4v) is 0.859. The van der Waals surface area contributed by atoms with Crippen LogP contribution in [0, 0.1) is 0 Å². The first kappa shape index (κ1) is 7.66. The maximum absolute atomic E-state index is 3.31. The molecule has 0 aliphatic carbocycles. The average Bonchev–Trinajstić information content (AvgIpc) is 1.87. The molecule has 1 aliphatic rings. The summed E-state index contributed by atoms with van der Waals surface area (Å²) in [6.45, 7) is 4.31. The molecule has 4 N–H and O–H groups in total. The van der Waals surface area contributed by atoms with Crippen LogP contribution in [-0.4, -0.2) is 12.1 Å². The first-order valence-corrected chi connectivity index (χ1v) is 2.73. The van der Waals surface area contributed by atoms with Gasteiger partial charge < -0.3 is 11.5 Å². The molecule has 0 aromatic rings. The van der Waals surface area contributed by atoms with E-state index in [2.05, 4.69) is 31.3 Å². The van der Waals surface area contributed by atoms with Gasteiger partial charge in [0.2, 0.25) is 0 Å². The van der Waals surface area contributed by atoms with E-state index in [-0.39, 0.29) is 6.15 Å². The lowest BCUT2D eigenvalue weighted by Gasteiger charge is -2.02. The third-order valence-electron chi connectivity index (χ3n) is 1.21. The van der Waals surface area contributed by atoms with Gasteiger partial charge in [-0.05, 0) is 13.8 Å². The van der Waals surface area contributed by atoms with Crippen molar-refractivity contribution < 1.29 is 0 Å². The van der Waals surface area contributed by atoms with Crippen molar-refractivity contribution in [2.45, 2.75) is 25.9 Å². The van der Waals surface area contributed by atoms with Crippen molar-refractivity contribution in [1.82, 2.24) is 11.5 Å². The molecular weight excluding hydrogens is 100 g/mol. The Balaban J connectivity index is 0.000000490. The minimum Gasteiger partial charge on any atom is -0.344 e. The lowest BCUT2D eigenvalue weighted by molar-refractivity contribution is 0.628. The van der Waals surface area contributed by atoms with Crippen LogP contribution < -0.4 is 11.5 Å². The van der Waals surface area contributed by atoms with Crippen molar-refractivity contribution in [3.63, 3.8) is 0 Å². The van der Waals surface area contributed by atoms with Gasteiger partial charge in [-0.15, -0.1) is 0 Å². The summed E-state index contributed by atoms with van der Waals surface area (Å²) in [5.41, 5.74) is 0. The largest absolute Gasteiger partial charge is 0.344 e. The number of rotatable bonds is 0. The predicted molar refractivity (Wildman–Crippen MR) is 36.2 cm³/mol. The minimum atomic E-state index is 0. The zero-order valence-corrected chi connectivity index (χ0v) is 5.52. The van der Waals surface area contributed by atoms with Gasteiger partial charge in [0.05, 0.1) is 0 Å². The fraction of sp³-hybridized carbons (Fsp3) is 0.667. The average molecular weight is 114 g/mol. The van der Waals surface area contributed by atoms with E-state index in [1.807, 2.05) is 0 Å². The van der Waals surface area contributed by atoms with Crippen LogP contribution in [0.2, 0.25) is 0 Å². The number of nitrogens with one attached hydrogen (secondary N) is 1. The Morgan fingerprint density at radius 2 is 1.50 bits per heavy atom. The highest BCUT2D eigenvalue weighted by Crippen LogP contribution is 1.98. The number of hydrogen-bond acceptors (Lipinski definition) is 2. The van der Waals surface area contributed by atoms with Gasteiger partial charge in [-0.2, -0.15) is 0 Å². The molecular formula is C6H14N2. The second-order valence-electron chi connectivity index (χ2n) is 2.13. The molecule has 0 aromatic carbocycles. The van der Waals surface area contributed by atoms with Gasteiger partial charge in [0, 0.05) is 12.1 Å². The summed E-state index contributed by atoms with van der Waals surface area (Å²) in [5.74, 6) is 0. The van der Waals surface area contributed by atoms with Crippen molar-refractivity contribution in [3.8, 4) is 0 Å². The summed E-state index contributed by atoms with van der Waals surface area (Å²) in [6.07, 6.45) is 4.37. The Kier molecular flexibility index (Phi) is 2.72. The monoisotopic (exact) mass is 114 g/mol. The minimum absolute atomic E-state index is 0. The standard InChI is InChI=1S/C6H11N.H3N/c1-5-3-4-6(2)7-5;/h3-7H,1-2H3;1H3. The quantitative estimate of drug-likeness (QED) is 0.463. The Morgan fingerprint density at radius 1 is 1.12 bits per heavy atom. The topological polar surface area (TPSA) is 47.0 Å². The molecule has 2 heteroatoms. The molecule has 1 heterocycles. The van der Waals surface area contributed by atoms with Gasteiger partial charge in [-0.1, -0.05) is 12.2 Å². The first-order valence-electron chi connectivity index (χ1n) is 2.73. The lowest BCUT2D eigenvalue weighted by Crippen LogP contribution is -2.25. The lowest BCUT2D eigenvalue weighted by atomic mass is 10.4. The van der Waals surface area contributed by atoms with E-state index < -0.39 is 0 Å². The molecule has 0 saturated carbocycles. The molecule has 0 saturated heterocycles. The van der Waals surface area contributed by atoms with Crippen molar-refractivity contribution in [1.29, 1.82) is 0 Å². The smallest absolute Gasteiger partial charge is 0.0227 e. The summed E-state index contributed by atoms with van der Waals surface area (Å²) in [6, 6.07) is 1.19. The van der Waals surface area contributed by atoms with E-state index >= 15 is 0 Å². The highest BCUT2D eigenvalue weighted by Gasteiger charge is 2.06. The number of hydrogen-bond donors (Lipinski definition) is 2. The highest BCUT2D eigenvalue weighted by atomic mass is 14.9. The van der Waals surface area contributed by atoms with Crippen molar-refractivity contribution >= 4 is 0 Å². The summed E-state index contributed by atoms with van der Waals surface area (Å²) in [5, 5.41) is 3.31. The Labute approximate surface area is 50.6 Å². The van der Waals surface area contributed by atoms with E-state index in [4.69, 9.17) is 0 Å². The molecule has 8 heavy (non-hydrogen) atoms. The molecule has 2 atom stereocenters. The molecule has 2 unspecified atom stereocenters. The first-order chi connectivity index (χ1) is 3.29. The van der Waals surface area contributed by atoms with Crippen LogP contribution in [0.15, 0.2) is 12.2 Å². The van der Waals surface area contributed by atoms with E-state index in [0.29, 0.717) is 12.1 Å². The van der Waals surface area contributed by atoms with E-state index in [1.165, 1.54) is 0 Å². The van der Waals surface area contributed by atoms with Crippen molar-refractivity contribution in [3.05, 3.63) is 12.2 Å². The van der Waals surface area contributed by atoms with Gasteiger partial charge in [0.15, 0.2) is 0 Å². The van der Waals surface area contributed by atoms with Crippen LogP contribution in [0.4, 0.5) is 0 Å². The van der Waals surface area contributed by atoms with Gasteiger partial charge in [-0.3, -0.25) is 0 Å². The summed E-state index contributed by atoms with van der Waals surface area (Å²) in [4.78, 5) is 0. The van der Waals surface area contributed by atoms with E-state index in [0.717, 1.165) is 0 Å². The van der Waals surface area contributed by atoms with E-state index in [9.17, 15) is 0 Å². The molecule has 1 aliphatic heterocycles. The van der Waals surface area contributed by atoms with Gasteiger partial charge in [0.25, 0.3) is 0 Å². The van der Waals surface area contributed by atoms with Crippen LogP contribution in [0.5, 0.6) is 0 Å². The van der Waals surface area contributed by atoms with Crippen LogP contribution in [0.25, 0.3) is 0 Å². The molecule has 2 nitrogen and oxygen atoms in total. The third-order valence-corrected chi connectivity index (χ3v) is 1.21. The zero-order valence-electron chi connectivity index (χ0n) is 5.52. The third kappa shape index (κ3) is 1.64. The van der Waals surface area contributed by atoms with Gasteiger partial charge in [-0.25, -0.2) is 0 Å². The fourth-order valence-electron chi connectivity index (χ4n) is 0.859. The van der Waals surface area contributed by atoms with Crippen molar-refractivity contribution in [2.75, 3.05) is 0 Å². The molecule has 0 radical (unpaired) electrons. The SMILES string of the molecule is CC1C=CC(C)N1.N. The molecule has 0 spiro atoms. The second-order valence-corrected chi connectivity index (χ2v) is 2.13. The van der Waals surface area contributed by atoms with Crippen LogP contribution in [-0.2, 0) is 0 Å². The summed E-state index contributed by atoms with van der Waals surface area (Å²) in [7, 11) is 0. The Bertz CT molecular complexity index is 78.5. The second kappa shape index (κ2) is 2.84. The Morgan fingerprint density at radius 3 is 1.62 bits per heavy atom. The van der Waals surface area contributed by atoms with Crippen molar-refractivity contribution in [2.24, 2.45) is 0 Å². The molecule has 1 rings (SSSR count). The predicted octanol–water partition coefficient (Wildman–Crippen LogP) is 1.08. The highest BCUT2D eigenvalue weighted by molar-refractivity contribution is 5.04. The van der Waals surface area contributed by atoms with Crippen LogP contribution in [0.1, 0.15) is 13.8 Å². The molecule has 0 bridgehead atoms. The zero-order chi connectivity index (χ0) is 5.28. The van der Waals surface area contributed by atoms with Crippen LogP contribution >= 0.6 is 0 Å². The van der Waals surface area contributed by atoms with Gasteiger partial charge in [0.1, 0.15) is 0 Å². The maximum Gasteiger partial charge on any atom is 0.0227 e. The normalized spacial score (nSPS) is 34.8. The molecule has 0 amide bonds. The van der Waals surface area contributed by atoms with Gasteiger partial charge >= 0.3 is 0 Å². The summed E-state index contributed by atoms with van der Waals surface area (Å²) < 4.78 is 0. The molecule has 0 aromatic heterocycles.